The lowest BCUT2D eigenvalue weighted by molar-refractivity contribution is 0.595. The fourth-order valence-electron chi connectivity index (χ4n) is 2.27. The predicted molar refractivity (Wildman–Crippen MR) is 86.8 cm³/mol. The lowest BCUT2D eigenvalue weighted by atomic mass is 10.2. The van der Waals surface area contributed by atoms with Gasteiger partial charge in [-0.3, -0.25) is 9.67 Å². The van der Waals surface area contributed by atoms with Crippen LogP contribution < -0.4 is 9.67 Å². The molecule has 0 aliphatic carbocycles. The van der Waals surface area contributed by atoms with Crippen molar-refractivity contribution in [3.05, 3.63) is 47.5 Å². The SMILES string of the molecule is Cc1cccc(NCl)c1S(=O)(=O)c1c(C)cccc1NCl. The maximum atomic E-state index is 13.0. The molecule has 112 valence electrons. The molecule has 0 saturated carbocycles. The maximum Gasteiger partial charge on any atom is 0.211 e. The van der Waals surface area contributed by atoms with Crippen LogP contribution in [0.1, 0.15) is 11.1 Å². The highest BCUT2D eigenvalue weighted by atomic mass is 35.5. The molecular formula is C14H14Cl2N2O2S. The second-order valence-electron chi connectivity index (χ2n) is 4.60. The number of hydrogen-bond acceptors (Lipinski definition) is 4. The van der Waals surface area contributed by atoms with Crippen molar-refractivity contribution in [3.8, 4) is 0 Å². The minimum absolute atomic E-state index is 0.141. The summed E-state index contributed by atoms with van der Waals surface area (Å²) in [6, 6.07) is 10.1. The van der Waals surface area contributed by atoms with Gasteiger partial charge in [-0.2, -0.15) is 0 Å². The Labute approximate surface area is 134 Å². The summed E-state index contributed by atoms with van der Waals surface area (Å²) < 4.78 is 26.1. The molecule has 0 saturated heterocycles. The normalized spacial score (nSPS) is 11.2. The van der Waals surface area contributed by atoms with Crippen molar-refractivity contribution in [3.63, 3.8) is 0 Å². The van der Waals surface area contributed by atoms with E-state index in [0.717, 1.165) is 0 Å². The highest BCUT2D eigenvalue weighted by Crippen LogP contribution is 2.36. The lowest BCUT2D eigenvalue weighted by Gasteiger charge is -2.16. The van der Waals surface area contributed by atoms with Gasteiger partial charge in [-0.05, 0) is 37.1 Å². The number of anilines is 2. The van der Waals surface area contributed by atoms with Crippen LogP contribution in [0.15, 0.2) is 46.2 Å². The summed E-state index contributed by atoms with van der Waals surface area (Å²) >= 11 is 11.3. The Hall–Kier alpha value is -1.43. The first-order chi connectivity index (χ1) is 9.93. The van der Waals surface area contributed by atoms with E-state index in [1.807, 2.05) is 0 Å². The van der Waals surface area contributed by atoms with Crippen LogP contribution in [0.25, 0.3) is 0 Å². The first-order valence-corrected chi connectivity index (χ1v) is 8.35. The largest absolute Gasteiger partial charge is 0.297 e. The van der Waals surface area contributed by atoms with Gasteiger partial charge >= 0.3 is 0 Å². The number of hydrogen-bond donors (Lipinski definition) is 2. The van der Waals surface area contributed by atoms with Crippen LogP contribution >= 0.6 is 23.6 Å². The molecule has 0 fully saturated rings. The highest BCUT2D eigenvalue weighted by Gasteiger charge is 2.27. The third-order valence-electron chi connectivity index (χ3n) is 3.16. The Bertz CT molecular complexity index is 717. The number of halogens is 2. The van der Waals surface area contributed by atoms with Gasteiger partial charge in [0, 0.05) is 23.6 Å². The summed E-state index contributed by atoms with van der Waals surface area (Å²) in [5.41, 5.74) is 1.87. The van der Waals surface area contributed by atoms with E-state index in [4.69, 9.17) is 23.6 Å². The molecule has 0 bridgehead atoms. The van der Waals surface area contributed by atoms with E-state index in [1.54, 1.807) is 50.2 Å². The predicted octanol–water partition coefficient (Wildman–Crippen LogP) is 4.27. The Morgan fingerprint density at radius 2 is 1.19 bits per heavy atom. The van der Waals surface area contributed by atoms with E-state index in [-0.39, 0.29) is 9.79 Å². The molecule has 4 nitrogen and oxygen atoms in total. The summed E-state index contributed by atoms with van der Waals surface area (Å²) in [6.07, 6.45) is 0. The second-order valence-corrected chi connectivity index (χ2v) is 6.80. The molecule has 0 aliphatic rings. The van der Waals surface area contributed by atoms with E-state index in [9.17, 15) is 8.42 Å². The van der Waals surface area contributed by atoms with E-state index in [0.29, 0.717) is 22.5 Å². The first kappa shape index (κ1) is 15.9. The second kappa shape index (κ2) is 6.13. The summed E-state index contributed by atoms with van der Waals surface area (Å²) in [6.45, 7) is 3.44. The topological polar surface area (TPSA) is 58.2 Å². The first-order valence-electron chi connectivity index (χ1n) is 6.11. The third-order valence-corrected chi connectivity index (χ3v) is 5.73. The number of rotatable bonds is 4. The molecular weight excluding hydrogens is 331 g/mol. The molecule has 2 rings (SSSR count). The zero-order valence-electron chi connectivity index (χ0n) is 11.4. The van der Waals surface area contributed by atoms with Gasteiger partial charge in [-0.1, -0.05) is 24.3 Å². The molecule has 2 aromatic carbocycles. The average molecular weight is 345 g/mol. The smallest absolute Gasteiger partial charge is 0.211 e. The molecule has 7 heteroatoms. The van der Waals surface area contributed by atoms with Crippen molar-refractivity contribution < 1.29 is 8.42 Å². The molecule has 2 aromatic rings. The van der Waals surface area contributed by atoms with Crippen LogP contribution in [-0.2, 0) is 9.84 Å². The minimum atomic E-state index is -3.78. The van der Waals surface area contributed by atoms with Gasteiger partial charge in [0.05, 0.1) is 21.2 Å². The lowest BCUT2D eigenvalue weighted by Crippen LogP contribution is -2.10. The van der Waals surface area contributed by atoms with E-state index < -0.39 is 9.84 Å². The molecule has 0 aliphatic heterocycles. The quantitative estimate of drug-likeness (QED) is 0.813. The van der Waals surface area contributed by atoms with Crippen molar-refractivity contribution in [2.75, 3.05) is 9.67 Å². The zero-order chi connectivity index (χ0) is 15.6. The van der Waals surface area contributed by atoms with Crippen molar-refractivity contribution >= 4 is 44.8 Å². The summed E-state index contributed by atoms with van der Waals surface area (Å²) in [5, 5.41) is 0. The Balaban J connectivity index is 2.81. The summed E-state index contributed by atoms with van der Waals surface area (Å²) in [7, 11) is -3.78. The Morgan fingerprint density at radius 1 is 0.810 bits per heavy atom. The molecule has 0 heterocycles. The molecule has 0 radical (unpaired) electrons. The van der Waals surface area contributed by atoms with E-state index in [1.165, 1.54) is 0 Å². The summed E-state index contributed by atoms with van der Waals surface area (Å²) in [4.78, 5) is 5.10. The fraction of sp³-hybridized carbons (Fsp3) is 0.143. The van der Waals surface area contributed by atoms with Crippen LogP contribution in [0.3, 0.4) is 0 Å². The molecule has 0 spiro atoms. The van der Waals surface area contributed by atoms with Crippen LogP contribution in [0.5, 0.6) is 0 Å². The standard InChI is InChI=1S/C14H14Cl2N2O2S/c1-9-5-3-7-11(17-15)13(9)21(19,20)14-10(2)6-4-8-12(14)18-16/h3-8,17-18H,1-2H3. The Morgan fingerprint density at radius 3 is 1.52 bits per heavy atom. The van der Waals surface area contributed by atoms with Crippen molar-refractivity contribution in [1.29, 1.82) is 0 Å². The molecule has 0 aromatic heterocycles. The van der Waals surface area contributed by atoms with Crippen molar-refractivity contribution in [2.45, 2.75) is 23.6 Å². The summed E-state index contributed by atoms with van der Waals surface area (Å²) in [5.74, 6) is 0. The monoisotopic (exact) mass is 344 g/mol. The minimum Gasteiger partial charge on any atom is -0.297 e. The van der Waals surface area contributed by atoms with Crippen LogP contribution in [0.2, 0.25) is 0 Å². The molecule has 2 N–H and O–H groups in total. The molecule has 21 heavy (non-hydrogen) atoms. The van der Waals surface area contributed by atoms with Gasteiger partial charge in [-0.15, -0.1) is 0 Å². The molecule has 0 amide bonds. The van der Waals surface area contributed by atoms with Gasteiger partial charge in [-0.25, -0.2) is 8.42 Å². The average Bonchev–Trinajstić information content (AvgIpc) is 2.45. The number of aryl methyl sites for hydroxylation is 2. The van der Waals surface area contributed by atoms with Crippen LogP contribution in [0, 0.1) is 13.8 Å². The molecule has 0 atom stereocenters. The van der Waals surface area contributed by atoms with Crippen LogP contribution in [0.4, 0.5) is 11.4 Å². The van der Waals surface area contributed by atoms with Gasteiger partial charge in [0.1, 0.15) is 0 Å². The number of benzene rings is 2. The third kappa shape index (κ3) is 2.81. The maximum absolute atomic E-state index is 13.0. The fourth-order valence-corrected chi connectivity index (χ4v) is 4.70. The highest BCUT2D eigenvalue weighted by molar-refractivity contribution is 7.92. The zero-order valence-corrected chi connectivity index (χ0v) is 13.8. The van der Waals surface area contributed by atoms with E-state index >= 15 is 0 Å². The van der Waals surface area contributed by atoms with Crippen molar-refractivity contribution in [2.24, 2.45) is 0 Å². The van der Waals surface area contributed by atoms with Crippen LogP contribution in [-0.4, -0.2) is 8.42 Å². The van der Waals surface area contributed by atoms with Gasteiger partial charge in [0.25, 0.3) is 0 Å². The van der Waals surface area contributed by atoms with Crippen molar-refractivity contribution in [1.82, 2.24) is 0 Å². The number of nitrogens with one attached hydrogen (secondary N) is 2. The van der Waals surface area contributed by atoms with Gasteiger partial charge in [0.15, 0.2) is 0 Å². The van der Waals surface area contributed by atoms with E-state index in [2.05, 4.69) is 9.67 Å². The Kier molecular flexibility index (Phi) is 4.66. The number of sulfone groups is 1. The van der Waals surface area contributed by atoms with Gasteiger partial charge < -0.3 is 0 Å². The van der Waals surface area contributed by atoms with Gasteiger partial charge in [0.2, 0.25) is 9.84 Å². The molecule has 0 unspecified atom stereocenters.